The highest BCUT2D eigenvalue weighted by atomic mass is 19.1. The van der Waals surface area contributed by atoms with Crippen molar-refractivity contribution in [3.63, 3.8) is 0 Å². The second kappa shape index (κ2) is 5.14. The zero-order valence-corrected chi connectivity index (χ0v) is 8.37. The van der Waals surface area contributed by atoms with Crippen LogP contribution in [0.4, 0.5) is 4.39 Å². The first-order valence-corrected chi connectivity index (χ1v) is 4.43. The Morgan fingerprint density at radius 3 is 2.60 bits per heavy atom. The van der Waals surface area contributed by atoms with Gasteiger partial charge in [-0.25, -0.2) is 9.18 Å². The molecular weight excluding hydrogens is 197 g/mol. The lowest BCUT2D eigenvalue weighted by atomic mass is 10.2. The van der Waals surface area contributed by atoms with Crippen molar-refractivity contribution in [2.75, 3.05) is 0 Å². The summed E-state index contributed by atoms with van der Waals surface area (Å²) in [5.74, 6) is -0.817. The van der Waals surface area contributed by atoms with Crippen molar-refractivity contribution >= 4 is 5.97 Å². The zero-order chi connectivity index (χ0) is 11.3. The standard InChI is InChI=1S/C11H12FNO2/c1-8(13)6-11(14)15-7-9-2-4-10(12)5-3-9/h2-6H,7,13H2,1H3/b8-6-. The third-order valence-electron chi connectivity index (χ3n) is 1.64. The molecule has 0 heterocycles. The summed E-state index contributed by atoms with van der Waals surface area (Å²) in [7, 11) is 0. The maximum Gasteiger partial charge on any atom is 0.332 e. The number of hydrogen-bond acceptors (Lipinski definition) is 3. The summed E-state index contributed by atoms with van der Waals surface area (Å²) >= 11 is 0. The fourth-order valence-corrected chi connectivity index (χ4v) is 0.963. The SMILES string of the molecule is C/C(N)=C/C(=O)OCc1ccc(F)cc1. The molecule has 0 saturated heterocycles. The van der Waals surface area contributed by atoms with Crippen molar-refractivity contribution in [3.05, 3.63) is 47.4 Å². The van der Waals surface area contributed by atoms with Crippen LogP contribution in [0.25, 0.3) is 0 Å². The quantitative estimate of drug-likeness (QED) is 0.609. The summed E-state index contributed by atoms with van der Waals surface area (Å²) in [6, 6.07) is 5.74. The number of carbonyl (C=O) groups excluding carboxylic acids is 1. The number of benzene rings is 1. The van der Waals surface area contributed by atoms with E-state index in [2.05, 4.69) is 0 Å². The van der Waals surface area contributed by atoms with Gasteiger partial charge in [0.05, 0.1) is 0 Å². The van der Waals surface area contributed by atoms with Crippen molar-refractivity contribution < 1.29 is 13.9 Å². The van der Waals surface area contributed by atoms with Gasteiger partial charge in [0.15, 0.2) is 0 Å². The van der Waals surface area contributed by atoms with E-state index in [0.29, 0.717) is 5.70 Å². The highest BCUT2D eigenvalue weighted by molar-refractivity contribution is 5.82. The van der Waals surface area contributed by atoms with E-state index in [4.69, 9.17) is 10.5 Å². The first kappa shape index (κ1) is 11.2. The number of allylic oxidation sites excluding steroid dienone is 1. The van der Waals surface area contributed by atoms with Crippen LogP contribution in [0.3, 0.4) is 0 Å². The lowest BCUT2D eigenvalue weighted by Gasteiger charge is -2.02. The fourth-order valence-electron chi connectivity index (χ4n) is 0.963. The van der Waals surface area contributed by atoms with Crippen LogP contribution in [0.15, 0.2) is 36.0 Å². The van der Waals surface area contributed by atoms with Gasteiger partial charge in [-0.05, 0) is 24.6 Å². The lowest BCUT2D eigenvalue weighted by molar-refractivity contribution is -0.139. The number of nitrogens with two attached hydrogens (primary N) is 1. The van der Waals surface area contributed by atoms with E-state index in [1.807, 2.05) is 0 Å². The van der Waals surface area contributed by atoms with Gasteiger partial charge in [-0.3, -0.25) is 0 Å². The summed E-state index contributed by atoms with van der Waals surface area (Å²) in [5, 5.41) is 0. The van der Waals surface area contributed by atoms with Gasteiger partial charge in [0.2, 0.25) is 0 Å². The molecule has 80 valence electrons. The Bertz CT molecular complexity index is 367. The summed E-state index contributed by atoms with van der Waals surface area (Å²) in [6.45, 7) is 1.71. The second-order valence-corrected chi connectivity index (χ2v) is 3.12. The highest BCUT2D eigenvalue weighted by Gasteiger charge is 1.99. The number of ether oxygens (including phenoxy) is 1. The molecule has 3 nitrogen and oxygen atoms in total. The molecule has 2 N–H and O–H groups in total. The van der Waals surface area contributed by atoms with Gasteiger partial charge in [0.25, 0.3) is 0 Å². The van der Waals surface area contributed by atoms with Crippen LogP contribution < -0.4 is 5.73 Å². The predicted molar refractivity (Wildman–Crippen MR) is 54.1 cm³/mol. The minimum absolute atomic E-state index is 0.114. The Morgan fingerprint density at radius 2 is 2.07 bits per heavy atom. The fraction of sp³-hybridized carbons (Fsp3) is 0.182. The first-order chi connectivity index (χ1) is 7.08. The number of carbonyl (C=O) groups is 1. The van der Waals surface area contributed by atoms with Crippen LogP contribution in [-0.2, 0) is 16.1 Å². The molecule has 0 aliphatic carbocycles. The summed E-state index contributed by atoms with van der Waals surface area (Å²) in [5.41, 5.74) is 6.41. The molecule has 0 aliphatic heterocycles. The number of rotatable bonds is 3. The smallest absolute Gasteiger partial charge is 0.332 e. The largest absolute Gasteiger partial charge is 0.458 e. The Hall–Kier alpha value is -1.84. The maximum absolute atomic E-state index is 12.5. The summed E-state index contributed by atoms with van der Waals surface area (Å²) in [6.07, 6.45) is 1.20. The van der Waals surface area contributed by atoms with Gasteiger partial charge >= 0.3 is 5.97 Å². The van der Waals surface area contributed by atoms with Crippen molar-refractivity contribution in [2.45, 2.75) is 13.5 Å². The number of hydrogen-bond donors (Lipinski definition) is 1. The molecule has 15 heavy (non-hydrogen) atoms. The van der Waals surface area contributed by atoms with Gasteiger partial charge in [0, 0.05) is 11.8 Å². The summed E-state index contributed by atoms with van der Waals surface area (Å²) in [4.78, 5) is 11.0. The van der Waals surface area contributed by atoms with E-state index in [-0.39, 0.29) is 12.4 Å². The van der Waals surface area contributed by atoms with Crippen molar-refractivity contribution in [3.8, 4) is 0 Å². The molecule has 0 amide bonds. The Morgan fingerprint density at radius 1 is 1.47 bits per heavy atom. The molecule has 0 radical (unpaired) electrons. The van der Waals surface area contributed by atoms with E-state index in [0.717, 1.165) is 5.56 Å². The minimum Gasteiger partial charge on any atom is -0.458 e. The average Bonchev–Trinajstić information content (AvgIpc) is 2.16. The van der Waals surface area contributed by atoms with Gasteiger partial charge < -0.3 is 10.5 Å². The summed E-state index contributed by atoms with van der Waals surface area (Å²) < 4.78 is 17.4. The van der Waals surface area contributed by atoms with Gasteiger partial charge in [0.1, 0.15) is 12.4 Å². The predicted octanol–water partition coefficient (Wildman–Crippen LogP) is 1.73. The minimum atomic E-state index is -0.501. The normalized spacial score (nSPS) is 11.2. The highest BCUT2D eigenvalue weighted by Crippen LogP contribution is 2.04. The molecular formula is C11H12FNO2. The molecule has 4 heteroatoms. The molecule has 0 bridgehead atoms. The van der Waals surface area contributed by atoms with E-state index in [1.54, 1.807) is 19.1 Å². The molecule has 0 aromatic heterocycles. The molecule has 0 fully saturated rings. The monoisotopic (exact) mass is 209 g/mol. The third kappa shape index (κ3) is 4.26. The molecule has 0 unspecified atom stereocenters. The van der Waals surface area contributed by atoms with E-state index < -0.39 is 5.97 Å². The molecule has 0 saturated carbocycles. The van der Waals surface area contributed by atoms with Crippen LogP contribution in [0.5, 0.6) is 0 Å². The van der Waals surface area contributed by atoms with Gasteiger partial charge in [-0.15, -0.1) is 0 Å². The second-order valence-electron chi connectivity index (χ2n) is 3.12. The van der Waals surface area contributed by atoms with Crippen molar-refractivity contribution in [1.29, 1.82) is 0 Å². The van der Waals surface area contributed by atoms with E-state index >= 15 is 0 Å². The number of halogens is 1. The molecule has 0 aliphatic rings. The van der Waals surface area contributed by atoms with Crippen molar-refractivity contribution in [2.24, 2.45) is 5.73 Å². The van der Waals surface area contributed by atoms with Gasteiger partial charge in [-0.2, -0.15) is 0 Å². The number of esters is 1. The third-order valence-corrected chi connectivity index (χ3v) is 1.64. The Balaban J connectivity index is 2.47. The lowest BCUT2D eigenvalue weighted by Crippen LogP contribution is -2.04. The topological polar surface area (TPSA) is 52.3 Å². The van der Waals surface area contributed by atoms with Crippen molar-refractivity contribution in [1.82, 2.24) is 0 Å². The molecule has 1 aromatic carbocycles. The molecule has 1 rings (SSSR count). The molecule has 0 spiro atoms. The van der Waals surface area contributed by atoms with Gasteiger partial charge in [-0.1, -0.05) is 12.1 Å². The molecule has 1 aromatic rings. The van der Waals surface area contributed by atoms with Crippen LogP contribution in [-0.4, -0.2) is 5.97 Å². The Labute approximate surface area is 87.3 Å². The first-order valence-electron chi connectivity index (χ1n) is 4.43. The van der Waals surface area contributed by atoms with Crippen LogP contribution in [0, 0.1) is 5.82 Å². The Kier molecular flexibility index (Phi) is 3.85. The zero-order valence-electron chi connectivity index (χ0n) is 8.37. The van der Waals surface area contributed by atoms with Crippen LogP contribution in [0.2, 0.25) is 0 Å². The maximum atomic E-state index is 12.5. The van der Waals surface area contributed by atoms with E-state index in [9.17, 15) is 9.18 Å². The van der Waals surface area contributed by atoms with Crippen LogP contribution >= 0.6 is 0 Å². The van der Waals surface area contributed by atoms with Crippen LogP contribution in [0.1, 0.15) is 12.5 Å². The van der Waals surface area contributed by atoms with E-state index in [1.165, 1.54) is 18.2 Å². The average molecular weight is 209 g/mol. The molecule has 0 atom stereocenters.